The van der Waals surface area contributed by atoms with E-state index in [1.165, 1.54) is 12.1 Å². The van der Waals surface area contributed by atoms with Crippen LogP contribution in [0.2, 0.25) is 5.02 Å². The van der Waals surface area contributed by atoms with Crippen molar-refractivity contribution in [3.05, 3.63) is 52.5 Å². The molecule has 2 aromatic carbocycles. The summed E-state index contributed by atoms with van der Waals surface area (Å²) in [6.07, 6.45) is 1.43. The molecule has 0 bridgehead atoms. The maximum atomic E-state index is 12.9. The van der Waals surface area contributed by atoms with Crippen LogP contribution < -0.4 is 10.1 Å². The van der Waals surface area contributed by atoms with Gasteiger partial charge >= 0.3 is 0 Å². The molecule has 11 heteroatoms. The molecular weight excluding hydrogens is 519 g/mol. The predicted octanol–water partition coefficient (Wildman–Crippen LogP) is 2.72. The zero-order valence-electron chi connectivity index (χ0n) is 20.9. The number of nitrogens with one attached hydrogen (secondary N) is 1. The lowest BCUT2D eigenvalue weighted by molar-refractivity contribution is -0.134. The van der Waals surface area contributed by atoms with Crippen LogP contribution in [0.25, 0.3) is 0 Å². The number of piperidine rings is 1. The van der Waals surface area contributed by atoms with Crippen molar-refractivity contribution in [3.63, 3.8) is 0 Å². The molecule has 0 atom stereocenters. The maximum Gasteiger partial charge on any atom is 0.253 e. The Morgan fingerprint density at radius 1 is 1.00 bits per heavy atom. The summed E-state index contributed by atoms with van der Waals surface area (Å²) in [6, 6.07) is 10.6. The highest BCUT2D eigenvalue weighted by atomic mass is 35.5. The van der Waals surface area contributed by atoms with Crippen molar-refractivity contribution in [1.82, 2.24) is 20.0 Å². The largest absolute Gasteiger partial charge is 0.504 e. The van der Waals surface area contributed by atoms with Gasteiger partial charge in [-0.1, -0.05) is 29.8 Å². The lowest BCUT2D eigenvalue weighted by Gasteiger charge is -2.37. The van der Waals surface area contributed by atoms with Crippen LogP contribution in [-0.4, -0.2) is 95.7 Å². The number of hydrogen-bond acceptors (Lipinski definition) is 7. The summed E-state index contributed by atoms with van der Waals surface area (Å²) in [5.74, 6) is -0.234. The van der Waals surface area contributed by atoms with Gasteiger partial charge in [-0.3, -0.25) is 19.4 Å². The number of carbonyl (C=O) groups is 2. The summed E-state index contributed by atoms with van der Waals surface area (Å²) in [4.78, 5) is 31.9. The van der Waals surface area contributed by atoms with E-state index in [0.29, 0.717) is 45.6 Å². The second-order valence-electron chi connectivity index (χ2n) is 9.29. The number of phenolic OH excluding ortho intramolecular Hbond substituents is 2. The molecule has 2 fully saturated rings. The molecule has 2 heterocycles. The molecule has 9 nitrogen and oxygen atoms in total. The number of rotatable bonds is 7. The second kappa shape index (κ2) is 13.2. The minimum absolute atomic E-state index is 0. The topological polar surface area (TPSA) is 106 Å². The van der Waals surface area contributed by atoms with Crippen LogP contribution in [0.5, 0.6) is 17.2 Å². The fourth-order valence-electron chi connectivity index (χ4n) is 4.75. The van der Waals surface area contributed by atoms with Gasteiger partial charge in [0.15, 0.2) is 11.5 Å². The molecule has 202 valence electrons. The van der Waals surface area contributed by atoms with E-state index in [-0.39, 0.29) is 40.7 Å². The molecule has 4 rings (SSSR count). The first-order valence-corrected chi connectivity index (χ1v) is 12.6. The van der Waals surface area contributed by atoms with Gasteiger partial charge in [-0.05, 0) is 31.0 Å². The number of nitrogens with zero attached hydrogens (tertiary/aromatic N) is 3. The lowest BCUT2D eigenvalue weighted by Crippen LogP contribution is -2.52. The van der Waals surface area contributed by atoms with Crippen molar-refractivity contribution in [2.24, 2.45) is 0 Å². The van der Waals surface area contributed by atoms with E-state index in [2.05, 4.69) is 21.2 Å². The van der Waals surface area contributed by atoms with Crippen LogP contribution in [0.3, 0.4) is 0 Å². The van der Waals surface area contributed by atoms with Crippen molar-refractivity contribution >= 4 is 35.8 Å². The van der Waals surface area contributed by atoms with Gasteiger partial charge < -0.3 is 25.2 Å². The Morgan fingerprint density at radius 3 is 2.35 bits per heavy atom. The Balaban J connectivity index is 0.00000380. The molecule has 0 unspecified atom stereocenters. The fourth-order valence-corrected chi connectivity index (χ4v) is 5.00. The Morgan fingerprint density at radius 2 is 1.68 bits per heavy atom. The summed E-state index contributed by atoms with van der Waals surface area (Å²) in [5.41, 5.74) is 1.27. The first-order valence-electron chi connectivity index (χ1n) is 12.2. The number of halogens is 2. The quantitative estimate of drug-likeness (QED) is 0.453. The first-order chi connectivity index (χ1) is 17.4. The Hall–Kier alpha value is -2.72. The standard InChI is InChI=1S/C26H33ClN4O5.ClH/c1-36-22-5-3-2-4-18(22)16-30-12-14-31(15-13-30)23(33)17-29-10-8-19(9-11-29)28-26(35)20-6-7-21(32)25(34)24(20)27;/h2-7,19,32,34H,8-17H2,1H3,(H,28,35);1H. The molecule has 3 N–H and O–H groups in total. The minimum Gasteiger partial charge on any atom is -0.504 e. The third kappa shape index (κ3) is 7.19. The average Bonchev–Trinajstić information content (AvgIpc) is 2.89. The fraction of sp³-hybridized carbons (Fsp3) is 0.462. The van der Waals surface area contributed by atoms with Crippen molar-refractivity contribution in [2.75, 3.05) is 52.9 Å². The van der Waals surface area contributed by atoms with Gasteiger partial charge in [0.05, 0.1) is 24.2 Å². The van der Waals surface area contributed by atoms with Crippen molar-refractivity contribution in [2.45, 2.75) is 25.4 Å². The molecule has 2 saturated heterocycles. The number of methoxy groups -OCH3 is 1. The average molecular weight is 553 g/mol. The van der Waals surface area contributed by atoms with Crippen LogP contribution in [0, 0.1) is 0 Å². The number of piperazine rings is 1. The van der Waals surface area contributed by atoms with E-state index in [1.54, 1.807) is 7.11 Å². The van der Waals surface area contributed by atoms with Gasteiger partial charge in [0.25, 0.3) is 5.91 Å². The van der Waals surface area contributed by atoms with Crippen LogP contribution >= 0.6 is 24.0 Å². The number of aromatic hydroxyl groups is 2. The molecule has 2 aliphatic heterocycles. The Labute approximate surface area is 228 Å². The van der Waals surface area contributed by atoms with Gasteiger partial charge in [-0.15, -0.1) is 12.4 Å². The van der Waals surface area contributed by atoms with E-state index in [9.17, 15) is 19.8 Å². The SMILES string of the molecule is COc1ccccc1CN1CCN(C(=O)CN2CCC(NC(=O)c3ccc(O)c(O)c3Cl)CC2)CC1.Cl. The number of amides is 2. The number of likely N-dealkylation sites (tertiary alicyclic amines) is 1. The number of ether oxygens (including phenoxy) is 1. The number of phenols is 2. The van der Waals surface area contributed by atoms with E-state index in [0.717, 1.165) is 30.9 Å². The summed E-state index contributed by atoms with van der Waals surface area (Å²) in [5, 5.41) is 22.0. The van der Waals surface area contributed by atoms with Gasteiger partial charge in [0, 0.05) is 57.4 Å². The highest BCUT2D eigenvalue weighted by molar-refractivity contribution is 6.35. The van der Waals surface area contributed by atoms with Crippen LogP contribution in [0.15, 0.2) is 36.4 Å². The summed E-state index contributed by atoms with van der Waals surface area (Å²) >= 11 is 6.00. The van der Waals surface area contributed by atoms with Crippen LogP contribution in [0.1, 0.15) is 28.8 Å². The minimum atomic E-state index is -0.502. The molecule has 2 aliphatic rings. The monoisotopic (exact) mass is 552 g/mol. The van der Waals surface area contributed by atoms with Gasteiger partial charge in [0.2, 0.25) is 5.91 Å². The number of para-hydroxylation sites is 1. The molecule has 0 saturated carbocycles. The highest BCUT2D eigenvalue weighted by Crippen LogP contribution is 2.35. The molecule has 0 aliphatic carbocycles. The van der Waals surface area contributed by atoms with E-state index >= 15 is 0 Å². The zero-order chi connectivity index (χ0) is 25.7. The van der Waals surface area contributed by atoms with Crippen molar-refractivity contribution < 1.29 is 24.5 Å². The normalized spacial score (nSPS) is 17.2. The molecule has 0 aromatic heterocycles. The van der Waals surface area contributed by atoms with E-state index in [4.69, 9.17) is 16.3 Å². The summed E-state index contributed by atoms with van der Waals surface area (Å²) < 4.78 is 5.45. The molecule has 37 heavy (non-hydrogen) atoms. The number of benzene rings is 2. The van der Waals surface area contributed by atoms with Crippen molar-refractivity contribution in [3.8, 4) is 17.2 Å². The first kappa shape index (κ1) is 28.8. The molecule has 0 radical (unpaired) electrons. The van der Waals surface area contributed by atoms with Crippen LogP contribution in [0.4, 0.5) is 0 Å². The van der Waals surface area contributed by atoms with E-state index < -0.39 is 11.7 Å². The maximum absolute atomic E-state index is 12.9. The third-order valence-electron chi connectivity index (χ3n) is 6.93. The predicted molar refractivity (Wildman–Crippen MR) is 144 cm³/mol. The molecule has 0 spiro atoms. The smallest absolute Gasteiger partial charge is 0.253 e. The Bertz CT molecular complexity index is 1090. The number of carbonyl (C=O) groups excluding carboxylic acids is 2. The van der Waals surface area contributed by atoms with E-state index in [1.807, 2.05) is 23.1 Å². The number of hydrogen-bond donors (Lipinski definition) is 3. The van der Waals surface area contributed by atoms with Gasteiger partial charge in [-0.25, -0.2) is 0 Å². The molecular formula is C26H34Cl2N4O5. The third-order valence-corrected chi connectivity index (χ3v) is 7.32. The highest BCUT2D eigenvalue weighted by Gasteiger charge is 2.27. The van der Waals surface area contributed by atoms with Crippen molar-refractivity contribution in [1.29, 1.82) is 0 Å². The zero-order valence-corrected chi connectivity index (χ0v) is 22.4. The lowest BCUT2D eigenvalue weighted by atomic mass is 10.0. The molecule has 2 amide bonds. The molecule has 2 aromatic rings. The van der Waals surface area contributed by atoms with Crippen LogP contribution in [-0.2, 0) is 11.3 Å². The van der Waals surface area contributed by atoms with Gasteiger partial charge in [0.1, 0.15) is 5.75 Å². The summed E-state index contributed by atoms with van der Waals surface area (Å²) in [7, 11) is 1.68. The Kier molecular flexibility index (Phi) is 10.3. The second-order valence-corrected chi connectivity index (χ2v) is 9.67. The van der Waals surface area contributed by atoms with Gasteiger partial charge in [-0.2, -0.15) is 0 Å². The summed E-state index contributed by atoms with van der Waals surface area (Å²) in [6.45, 7) is 5.67.